The molecule has 0 aromatic heterocycles. The Labute approximate surface area is 54.9 Å². The molecule has 0 aliphatic carbocycles. The summed E-state index contributed by atoms with van der Waals surface area (Å²) in [5, 5.41) is 1.80. The summed E-state index contributed by atoms with van der Waals surface area (Å²) in [5.41, 5.74) is 0. The van der Waals surface area contributed by atoms with E-state index in [9.17, 15) is 4.89 Å². The van der Waals surface area contributed by atoms with Gasteiger partial charge in [-0.3, -0.25) is 0 Å². The van der Waals surface area contributed by atoms with Crippen molar-refractivity contribution in [2.45, 2.75) is 0 Å². The van der Waals surface area contributed by atoms with E-state index in [1.54, 1.807) is 5.16 Å². The standard InChI is InChI=1S/CH2NO3PS2/c3-6(4,5)8-2-1-7/h(H2-,3,4,5). The number of rotatable bonds is 1. The minimum absolute atomic E-state index is 0.110. The van der Waals surface area contributed by atoms with Crippen LogP contribution in [0.5, 0.6) is 0 Å². The third-order valence-electron chi connectivity index (χ3n) is 0.184. The zero-order valence-corrected chi connectivity index (χ0v) is 6.04. The monoisotopic (exact) mass is 171 g/mol. The van der Waals surface area contributed by atoms with Gasteiger partial charge >= 0.3 is 17.8 Å². The van der Waals surface area contributed by atoms with Crippen LogP contribution in [0.15, 0.2) is 4.40 Å². The van der Waals surface area contributed by atoms with E-state index in [0.29, 0.717) is 0 Å². The van der Waals surface area contributed by atoms with E-state index >= 15 is 0 Å². The summed E-state index contributed by atoms with van der Waals surface area (Å²) >= 11 is 4.15. The smallest absolute Gasteiger partial charge is 0.378 e. The van der Waals surface area contributed by atoms with Crippen LogP contribution >= 0.6 is 18.9 Å². The highest BCUT2D eigenvalue weighted by Gasteiger charge is 2.04. The quantitative estimate of drug-likeness (QED) is 0.176. The molecular formula is CH2NO3PS2. The van der Waals surface area contributed by atoms with Crippen molar-refractivity contribution in [2.24, 2.45) is 4.40 Å². The minimum Gasteiger partial charge on any atom is -0.740 e. The SMILES string of the molecule is [O-]P(O)(O)=[S+]N=C=S. The molecular weight excluding hydrogens is 169 g/mol. The summed E-state index contributed by atoms with van der Waals surface area (Å²) in [7, 11) is 0. The van der Waals surface area contributed by atoms with Gasteiger partial charge in [0.2, 0.25) is 0 Å². The normalized spacial score (nSPS) is 9.88. The fourth-order valence-electron chi connectivity index (χ4n) is 0.0698. The van der Waals surface area contributed by atoms with Gasteiger partial charge in [-0.05, 0) is 12.2 Å². The van der Waals surface area contributed by atoms with Crippen LogP contribution < -0.4 is 4.89 Å². The third-order valence-corrected chi connectivity index (χ3v) is 1.66. The molecule has 0 aromatic carbocycles. The maximum Gasteiger partial charge on any atom is 0.378 e. The molecule has 0 amide bonds. The van der Waals surface area contributed by atoms with Gasteiger partial charge in [0.1, 0.15) is 5.16 Å². The Hall–Kier alpha value is 0.330. The number of hydrogen-bond acceptors (Lipinski definition) is 2. The molecule has 0 bridgehead atoms. The lowest BCUT2D eigenvalue weighted by molar-refractivity contribution is -0.196. The van der Waals surface area contributed by atoms with Gasteiger partial charge in [0.05, 0.1) is 4.40 Å². The van der Waals surface area contributed by atoms with Crippen LogP contribution in [0.1, 0.15) is 0 Å². The Bertz CT molecular complexity index is 158. The Balaban J connectivity index is 4.17. The highest BCUT2D eigenvalue weighted by molar-refractivity contribution is 8.15. The van der Waals surface area contributed by atoms with E-state index in [4.69, 9.17) is 9.79 Å². The summed E-state index contributed by atoms with van der Waals surface area (Å²) in [6.45, 7) is -4.06. The molecule has 0 aliphatic heterocycles. The van der Waals surface area contributed by atoms with Crippen molar-refractivity contribution < 1.29 is 14.7 Å². The van der Waals surface area contributed by atoms with Gasteiger partial charge in [-0.25, -0.2) is 0 Å². The molecule has 0 saturated heterocycles. The second-order valence-corrected chi connectivity index (χ2v) is 4.18. The molecule has 0 fully saturated rings. The summed E-state index contributed by atoms with van der Waals surface area (Å²) in [5.74, 6) is 0. The molecule has 0 heterocycles. The number of isothiocyanates is 1. The Morgan fingerprint density at radius 3 is 2.38 bits per heavy atom. The highest BCUT2D eigenvalue weighted by atomic mass is 32.5. The molecule has 4 nitrogen and oxygen atoms in total. The first-order valence-electron chi connectivity index (χ1n) is 1.38. The molecule has 2 N–H and O–H groups in total. The molecule has 8 heavy (non-hydrogen) atoms. The third kappa shape index (κ3) is 6.33. The van der Waals surface area contributed by atoms with E-state index in [1.807, 2.05) is 0 Å². The molecule has 0 rings (SSSR count). The zero-order chi connectivity index (χ0) is 6.62. The molecule has 46 valence electrons. The number of nitrogens with zero attached hydrogens (tertiary/aromatic N) is 1. The number of hydrogen-bond donors (Lipinski definition) is 2. The molecule has 0 radical (unpaired) electrons. The number of thiocarbonyl (C=S) groups is 1. The van der Waals surface area contributed by atoms with Crippen LogP contribution in [0.2, 0.25) is 0 Å². The highest BCUT2D eigenvalue weighted by Crippen LogP contribution is 2.24. The molecule has 0 aliphatic rings. The van der Waals surface area contributed by atoms with Gasteiger partial charge in [-0.2, -0.15) is 0 Å². The zero-order valence-electron chi connectivity index (χ0n) is 3.51. The Morgan fingerprint density at radius 1 is 1.75 bits per heavy atom. The molecule has 0 spiro atoms. The average molecular weight is 171 g/mol. The molecule has 0 atom stereocenters. The predicted molar refractivity (Wildman–Crippen MR) is 33.7 cm³/mol. The Kier molecular flexibility index (Phi) is 3.51. The summed E-state index contributed by atoms with van der Waals surface area (Å²) in [6.07, 6.45) is 0. The van der Waals surface area contributed by atoms with E-state index in [-0.39, 0.29) is 11.1 Å². The first-order chi connectivity index (χ1) is 3.56. The molecule has 0 aromatic rings. The topological polar surface area (TPSA) is 75.9 Å². The second kappa shape index (κ2) is 3.37. The lowest BCUT2D eigenvalue weighted by Gasteiger charge is -1.96. The molecule has 0 saturated carbocycles. The van der Waals surface area contributed by atoms with E-state index < -0.39 is 6.72 Å². The van der Waals surface area contributed by atoms with Crippen molar-refractivity contribution in [2.75, 3.05) is 0 Å². The summed E-state index contributed by atoms with van der Waals surface area (Å²) in [4.78, 5) is 26.0. The van der Waals surface area contributed by atoms with Crippen molar-refractivity contribution in [1.82, 2.24) is 0 Å². The van der Waals surface area contributed by atoms with Gasteiger partial charge < -0.3 is 14.7 Å². The van der Waals surface area contributed by atoms with Crippen LogP contribution in [-0.4, -0.2) is 14.9 Å². The van der Waals surface area contributed by atoms with Crippen molar-refractivity contribution >= 4 is 35.2 Å². The van der Waals surface area contributed by atoms with Gasteiger partial charge in [0.25, 0.3) is 0 Å². The second-order valence-electron chi connectivity index (χ2n) is 0.755. The van der Waals surface area contributed by atoms with Crippen LogP contribution in [-0.2, 0) is 11.1 Å². The van der Waals surface area contributed by atoms with Crippen molar-refractivity contribution in [3.8, 4) is 0 Å². The lowest BCUT2D eigenvalue weighted by atomic mass is 11.8. The van der Waals surface area contributed by atoms with Crippen LogP contribution in [0.25, 0.3) is 0 Å². The van der Waals surface area contributed by atoms with Crippen molar-refractivity contribution in [3.05, 3.63) is 0 Å². The van der Waals surface area contributed by atoms with Crippen LogP contribution in [0.3, 0.4) is 0 Å². The predicted octanol–water partition coefficient (Wildman–Crippen LogP) is -0.891. The average Bonchev–Trinajstić information content (AvgIpc) is 1.59. The van der Waals surface area contributed by atoms with Gasteiger partial charge in [-0.1, -0.05) is 0 Å². The van der Waals surface area contributed by atoms with Gasteiger partial charge in [-0.15, -0.1) is 0 Å². The lowest BCUT2D eigenvalue weighted by Crippen LogP contribution is -1.97. The van der Waals surface area contributed by atoms with E-state index in [0.717, 1.165) is 0 Å². The fraction of sp³-hybridized carbons (Fsp3) is 0. The maximum absolute atomic E-state index is 9.87. The van der Waals surface area contributed by atoms with Gasteiger partial charge in [0.15, 0.2) is 0 Å². The van der Waals surface area contributed by atoms with E-state index in [1.165, 1.54) is 0 Å². The first-order valence-corrected chi connectivity index (χ1v) is 4.77. The minimum atomic E-state index is -4.06. The Morgan fingerprint density at radius 2 is 2.25 bits per heavy atom. The van der Waals surface area contributed by atoms with Crippen molar-refractivity contribution in [3.63, 3.8) is 0 Å². The van der Waals surface area contributed by atoms with Crippen LogP contribution in [0.4, 0.5) is 0 Å². The van der Waals surface area contributed by atoms with Crippen LogP contribution in [0, 0.1) is 0 Å². The largest absolute Gasteiger partial charge is 0.740 e. The molecule has 0 unspecified atom stereocenters. The van der Waals surface area contributed by atoms with E-state index in [2.05, 4.69) is 16.6 Å². The maximum atomic E-state index is 9.87. The van der Waals surface area contributed by atoms with Gasteiger partial charge in [0, 0.05) is 0 Å². The van der Waals surface area contributed by atoms with Crippen molar-refractivity contribution in [1.29, 1.82) is 0 Å². The summed E-state index contributed by atoms with van der Waals surface area (Å²) in [6, 6.07) is 0. The first kappa shape index (κ1) is 8.33. The molecule has 7 heteroatoms. The summed E-state index contributed by atoms with van der Waals surface area (Å²) < 4.78 is 2.96. The fourth-order valence-corrected chi connectivity index (χ4v) is 0.929.